The number of carbonyl (C=O) groups excluding carboxylic acids is 1. The van der Waals surface area contributed by atoms with Gasteiger partial charge >= 0.3 is 12.1 Å². The molecular weight excluding hydrogens is 415 g/mol. The maximum absolute atomic E-state index is 13.3. The number of benzene rings is 2. The van der Waals surface area contributed by atoms with E-state index in [0.717, 1.165) is 40.9 Å². The number of alkyl halides is 3. The summed E-state index contributed by atoms with van der Waals surface area (Å²) in [4.78, 5) is 24.6. The number of nitrogens with zero attached hydrogens (tertiary/aromatic N) is 1. The van der Waals surface area contributed by atoms with E-state index >= 15 is 0 Å². The molecule has 0 aliphatic carbocycles. The van der Waals surface area contributed by atoms with Gasteiger partial charge in [-0.1, -0.05) is 42.2 Å². The average molecular weight is 425 g/mol. The Labute approximate surface area is 166 Å². The van der Waals surface area contributed by atoms with E-state index < -0.39 is 29.4 Å². The zero-order valence-corrected chi connectivity index (χ0v) is 15.4. The lowest BCUT2D eigenvalue weighted by molar-refractivity contribution is -0.137. The number of carboxylic acids is 1. The average Bonchev–Trinajstić information content (AvgIpc) is 2.89. The Morgan fingerprint density at radius 3 is 2.50 bits per heavy atom. The molecule has 5 nitrogen and oxygen atoms in total. The van der Waals surface area contributed by atoms with Crippen molar-refractivity contribution < 1.29 is 33.0 Å². The van der Waals surface area contributed by atoms with Gasteiger partial charge in [-0.25, -0.2) is 4.79 Å². The van der Waals surface area contributed by atoms with Crippen molar-refractivity contribution in [2.24, 2.45) is 0 Å². The molecule has 0 spiro atoms. The van der Waals surface area contributed by atoms with E-state index in [-0.39, 0.29) is 26.0 Å². The van der Waals surface area contributed by atoms with Crippen LogP contribution < -0.4 is 4.90 Å². The van der Waals surface area contributed by atoms with Gasteiger partial charge in [-0.2, -0.15) is 13.2 Å². The largest absolute Gasteiger partial charge is 0.507 e. The van der Waals surface area contributed by atoms with Crippen LogP contribution >= 0.6 is 24.0 Å². The lowest BCUT2D eigenvalue weighted by Gasteiger charge is -2.20. The normalized spacial score (nSPS) is 16.1. The molecular formula is C18H10F3NO4S2. The Bertz CT molecular complexity index is 1030. The maximum atomic E-state index is 13.3. The van der Waals surface area contributed by atoms with Crippen LogP contribution in [0.25, 0.3) is 6.08 Å². The van der Waals surface area contributed by atoms with Crippen molar-refractivity contribution in [3.63, 3.8) is 0 Å². The third-order valence-electron chi connectivity index (χ3n) is 3.79. The molecule has 1 fully saturated rings. The molecule has 1 heterocycles. The number of halogens is 3. The summed E-state index contributed by atoms with van der Waals surface area (Å²) in [5, 5.41) is 18.6. The molecule has 0 unspecified atom stereocenters. The number of anilines is 1. The second kappa shape index (κ2) is 7.28. The summed E-state index contributed by atoms with van der Waals surface area (Å²) >= 11 is 5.89. The molecule has 0 aromatic heterocycles. The molecule has 28 heavy (non-hydrogen) atoms. The summed E-state index contributed by atoms with van der Waals surface area (Å²) in [6.07, 6.45) is -3.36. The Balaban J connectivity index is 2.01. The number of carboxylic acid groups (broad SMARTS) is 1. The van der Waals surface area contributed by atoms with Crippen molar-refractivity contribution in [2.45, 2.75) is 6.18 Å². The smallest absolute Gasteiger partial charge is 0.418 e. The molecule has 1 aliphatic rings. The number of hydrogen-bond donors (Lipinski definition) is 2. The zero-order valence-electron chi connectivity index (χ0n) is 13.7. The Kier molecular flexibility index (Phi) is 5.18. The first kappa shape index (κ1) is 19.9. The fourth-order valence-corrected chi connectivity index (χ4v) is 3.83. The number of rotatable bonds is 3. The van der Waals surface area contributed by atoms with Crippen LogP contribution in [0.2, 0.25) is 0 Å². The van der Waals surface area contributed by atoms with Gasteiger partial charge in [0.05, 0.1) is 16.2 Å². The molecule has 3 rings (SSSR count). The topological polar surface area (TPSA) is 77.8 Å². The van der Waals surface area contributed by atoms with Crippen LogP contribution in [-0.4, -0.2) is 26.4 Å². The van der Waals surface area contributed by atoms with Gasteiger partial charge in [0.15, 0.2) is 4.32 Å². The Morgan fingerprint density at radius 2 is 1.86 bits per heavy atom. The quantitative estimate of drug-likeness (QED) is 0.556. The molecule has 0 atom stereocenters. The summed E-state index contributed by atoms with van der Waals surface area (Å²) < 4.78 is 39.7. The molecule has 0 bridgehead atoms. The van der Waals surface area contributed by atoms with Crippen LogP contribution in [0.15, 0.2) is 47.4 Å². The first-order chi connectivity index (χ1) is 13.1. The third kappa shape index (κ3) is 3.73. The number of thiocarbonyl (C=S) groups is 1. The van der Waals surface area contributed by atoms with E-state index in [9.17, 15) is 27.9 Å². The van der Waals surface area contributed by atoms with Crippen molar-refractivity contribution >= 4 is 51.9 Å². The van der Waals surface area contributed by atoms with Gasteiger partial charge < -0.3 is 10.2 Å². The summed E-state index contributed by atoms with van der Waals surface area (Å²) in [6.45, 7) is 0. The fourth-order valence-electron chi connectivity index (χ4n) is 2.55. The lowest BCUT2D eigenvalue weighted by Crippen LogP contribution is -2.29. The second-order valence-corrected chi connectivity index (χ2v) is 7.29. The van der Waals surface area contributed by atoms with E-state index in [1.54, 1.807) is 0 Å². The highest BCUT2D eigenvalue weighted by Gasteiger charge is 2.40. The highest BCUT2D eigenvalue weighted by atomic mass is 32.2. The number of aromatic carboxylic acids is 1. The number of phenols is 1. The summed E-state index contributed by atoms with van der Waals surface area (Å²) in [6, 6.07) is 8.26. The highest BCUT2D eigenvalue weighted by Crippen LogP contribution is 2.42. The van der Waals surface area contributed by atoms with Gasteiger partial charge in [0.25, 0.3) is 5.91 Å². The summed E-state index contributed by atoms with van der Waals surface area (Å²) in [5.41, 5.74) is -1.46. The van der Waals surface area contributed by atoms with Gasteiger partial charge in [0, 0.05) is 0 Å². The Hall–Kier alpha value is -2.85. The van der Waals surface area contributed by atoms with Crippen LogP contribution in [0.4, 0.5) is 18.9 Å². The summed E-state index contributed by atoms with van der Waals surface area (Å²) in [5.74, 6) is -2.56. The van der Waals surface area contributed by atoms with E-state index in [4.69, 9.17) is 17.3 Å². The SMILES string of the molecule is O=C(O)c1cc(C=C2SC(=S)N(c3ccccc3C(F)(F)F)C2=O)ccc1O. The van der Waals surface area contributed by atoms with Crippen LogP contribution in [0.3, 0.4) is 0 Å². The minimum absolute atomic E-state index is 0.0315. The van der Waals surface area contributed by atoms with Gasteiger partial charge in [-0.3, -0.25) is 9.69 Å². The number of thioether (sulfide) groups is 1. The first-order valence-electron chi connectivity index (χ1n) is 7.60. The van der Waals surface area contributed by atoms with Crippen LogP contribution in [-0.2, 0) is 11.0 Å². The third-order valence-corrected chi connectivity index (χ3v) is 5.10. The molecule has 10 heteroatoms. The summed E-state index contributed by atoms with van der Waals surface area (Å²) in [7, 11) is 0. The minimum Gasteiger partial charge on any atom is -0.507 e. The predicted molar refractivity (Wildman–Crippen MR) is 102 cm³/mol. The van der Waals surface area contributed by atoms with E-state index in [2.05, 4.69) is 0 Å². The van der Waals surface area contributed by atoms with Crippen molar-refractivity contribution in [3.05, 3.63) is 64.1 Å². The Morgan fingerprint density at radius 1 is 1.18 bits per heavy atom. The fraction of sp³-hybridized carbons (Fsp3) is 0.0556. The predicted octanol–water partition coefficient (Wildman–Crippen LogP) is 4.52. The molecule has 1 saturated heterocycles. The molecule has 0 saturated carbocycles. The molecule has 1 aliphatic heterocycles. The number of amides is 1. The number of para-hydroxylation sites is 1. The lowest BCUT2D eigenvalue weighted by atomic mass is 10.1. The second-order valence-electron chi connectivity index (χ2n) is 5.61. The van der Waals surface area contributed by atoms with Crippen LogP contribution in [0.5, 0.6) is 5.75 Å². The minimum atomic E-state index is -4.67. The standard InChI is InChI=1S/C18H10F3NO4S2/c19-18(20,21)11-3-1-2-4-12(11)22-15(24)14(28-17(22)27)8-9-5-6-13(23)10(7-9)16(25)26/h1-8,23H,(H,25,26). The van der Waals surface area contributed by atoms with Gasteiger partial charge in [0.2, 0.25) is 0 Å². The molecule has 2 N–H and O–H groups in total. The van der Waals surface area contributed by atoms with Gasteiger partial charge in [-0.05, 0) is 35.9 Å². The van der Waals surface area contributed by atoms with E-state index in [0.29, 0.717) is 0 Å². The van der Waals surface area contributed by atoms with Crippen LogP contribution in [0, 0.1) is 0 Å². The number of hydrogen-bond acceptors (Lipinski definition) is 5. The number of carbonyl (C=O) groups is 2. The molecule has 2 aromatic carbocycles. The molecule has 144 valence electrons. The highest BCUT2D eigenvalue weighted by molar-refractivity contribution is 8.27. The molecule has 2 aromatic rings. The molecule has 1 amide bonds. The maximum Gasteiger partial charge on any atom is 0.418 e. The van der Waals surface area contributed by atoms with E-state index in [1.807, 2.05) is 0 Å². The van der Waals surface area contributed by atoms with Crippen LogP contribution in [0.1, 0.15) is 21.5 Å². The van der Waals surface area contributed by atoms with Gasteiger partial charge in [0.1, 0.15) is 11.3 Å². The van der Waals surface area contributed by atoms with Crippen molar-refractivity contribution in [1.29, 1.82) is 0 Å². The molecule has 0 radical (unpaired) electrons. The van der Waals surface area contributed by atoms with Crippen molar-refractivity contribution in [1.82, 2.24) is 0 Å². The van der Waals surface area contributed by atoms with Gasteiger partial charge in [-0.15, -0.1) is 0 Å². The zero-order chi connectivity index (χ0) is 20.6. The first-order valence-corrected chi connectivity index (χ1v) is 8.82. The number of aromatic hydroxyl groups is 1. The van der Waals surface area contributed by atoms with E-state index in [1.165, 1.54) is 24.3 Å². The van der Waals surface area contributed by atoms with Crippen molar-refractivity contribution in [2.75, 3.05) is 4.90 Å². The van der Waals surface area contributed by atoms with Crippen molar-refractivity contribution in [3.8, 4) is 5.75 Å². The monoisotopic (exact) mass is 425 g/mol.